The van der Waals surface area contributed by atoms with Crippen molar-refractivity contribution in [3.05, 3.63) is 68.8 Å². The highest BCUT2D eigenvalue weighted by molar-refractivity contribution is 6.61. The van der Waals surface area contributed by atoms with Gasteiger partial charge in [-0.1, -0.05) is 0 Å². The third kappa shape index (κ3) is 12.4. The lowest BCUT2D eigenvalue weighted by atomic mass is 10.3. The van der Waals surface area contributed by atoms with E-state index in [0.29, 0.717) is 0 Å². The van der Waals surface area contributed by atoms with E-state index in [9.17, 15) is 29.8 Å². The van der Waals surface area contributed by atoms with Gasteiger partial charge in [-0.05, 0) is 38.1 Å². The first-order valence-electron chi connectivity index (χ1n) is 8.46. The van der Waals surface area contributed by atoms with Crippen LogP contribution in [-0.4, -0.2) is 39.8 Å². The molecule has 0 aromatic heterocycles. The third-order valence-electron chi connectivity index (χ3n) is 2.76. The highest BCUT2D eigenvalue weighted by Crippen LogP contribution is 2.18. The van der Waals surface area contributed by atoms with E-state index in [1.165, 1.54) is 48.5 Å². The minimum absolute atomic E-state index is 0.0637. The number of nitrogens with zero attached hydrogens (tertiary/aromatic N) is 2. The van der Waals surface area contributed by atoms with Gasteiger partial charge in [0.25, 0.3) is 11.4 Å². The summed E-state index contributed by atoms with van der Waals surface area (Å²) in [5, 5.41) is 28.1. The number of ether oxygens (including phenoxy) is 3. The predicted molar refractivity (Wildman–Crippen MR) is 108 cm³/mol. The van der Waals surface area contributed by atoms with Crippen molar-refractivity contribution in [1.29, 1.82) is 0 Å². The molecule has 31 heavy (non-hydrogen) atoms. The minimum atomic E-state index is -0.978. The Morgan fingerprint density at radius 3 is 1.52 bits per heavy atom. The summed E-state index contributed by atoms with van der Waals surface area (Å²) in [5.41, 5.74) is -1.12. The van der Waals surface area contributed by atoms with Crippen LogP contribution in [0.25, 0.3) is 0 Å². The number of hydrogen-bond acceptors (Lipinski definition) is 10. The lowest BCUT2D eigenvalue weighted by Gasteiger charge is -2.02. The van der Waals surface area contributed by atoms with Crippen LogP contribution in [0.5, 0.6) is 11.5 Å². The van der Waals surface area contributed by atoms with E-state index in [1.807, 2.05) is 0 Å². The van der Waals surface area contributed by atoms with Gasteiger partial charge >= 0.3 is 11.6 Å². The smallest absolute Gasteiger partial charge is 0.434 e. The Hall–Kier alpha value is -3.77. The van der Waals surface area contributed by atoms with Crippen molar-refractivity contribution in [3.63, 3.8) is 0 Å². The van der Waals surface area contributed by atoms with Crippen molar-refractivity contribution in [2.75, 3.05) is 13.2 Å². The first-order valence-corrected chi connectivity index (χ1v) is 8.84. The lowest BCUT2D eigenvalue weighted by molar-refractivity contribution is -0.385. The van der Waals surface area contributed by atoms with Gasteiger partial charge in [-0.15, -0.1) is 0 Å². The fourth-order valence-corrected chi connectivity index (χ4v) is 1.70. The SMILES string of the molecule is CCO.CCOC(=O)Oc1ccc([N+](=O)[O-])cc1.O=C(Cl)Oc1ccc([N+](=O)[O-])cc1. The molecule has 13 heteroatoms. The molecule has 0 fully saturated rings. The van der Waals surface area contributed by atoms with E-state index < -0.39 is 21.4 Å². The van der Waals surface area contributed by atoms with Gasteiger partial charge in [0.15, 0.2) is 0 Å². The van der Waals surface area contributed by atoms with Crippen LogP contribution in [0.4, 0.5) is 21.0 Å². The Morgan fingerprint density at radius 1 is 0.871 bits per heavy atom. The number of nitro benzene ring substituents is 2. The second kappa shape index (κ2) is 15.1. The van der Waals surface area contributed by atoms with Crippen LogP contribution in [0.2, 0.25) is 0 Å². The second-order valence-corrected chi connectivity index (χ2v) is 5.25. The Labute approximate surface area is 181 Å². The minimum Gasteiger partial charge on any atom is -0.434 e. The van der Waals surface area contributed by atoms with E-state index in [2.05, 4.69) is 9.47 Å². The summed E-state index contributed by atoms with van der Waals surface area (Å²) in [6, 6.07) is 10.2. The van der Waals surface area contributed by atoms with Crippen LogP contribution in [0.3, 0.4) is 0 Å². The molecular weight excluding hydrogens is 440 g/mol. The highest BCUT2D eigenvalue weighted by Gasteiger charge is 2.08. The van der Waals surface area contributed by atoms with Crippen LogP contribution in [-0.2, 0) is 4.74 Å². The maximum absolute atomic E-state index is 10.9. The summed E-state index contributed by atoms with van der Waals surface area (Å²) in [5.74, 6) is 0.379. The summed E-state index contributed by atoms with van der Waals surface area (Å²) < 4.78 is 13.7. The van der Waals surface area contributed by atoms with Crippen molar-refractivity contribution >= 4 is 34.6 Å². The van der Waals surface area contributed by atoms with Gasteiger partial charge in [0, 0.05) is 42.5 Å². The fourth-order valence-electron chi connectivity index (χ4n) is 1.61. The van der Waals surface area contributed by atoms with Gasteiger partial charge in [-0.3, -0.25) is 20.2 Å². The molecule has 168 valence electrons. The summed E-state index contributed by atoms with van der Waals surface area (Å²) in [4.78, 5) is 40.5. The van der Waals surface area contributed by atoms with Gasteiger partial charge in [-0.25, -0.2) is 9.59 Å². The van der Waals surface area contributed by atoms with E-state index in [1.54, 1.807) is 13.8 Å². The summed E-state index contributed by atoms with van der Waals surface area (Å²) >= 11 is 4.92. The molecule has 1 N–H and O–H groups in total. The monoisotopic (exact) mass is 458 g/mol. The Balaban J connectivity index is 0.000000519. The molecule has 0 saturated heterocycles. The molecule has 0 atom stereocenters. The summed E-state index contributed by atoms with van der Waals surface area (Å²) in [6.45, 7) is 3.79. The van der Waals surface area contributed by atoms with Crippen LogP contribution in [0.15, 0.2) is 48.5 Å². The summed E-state index contributed by atoms with van der Waals surface area (Å²) in [6.07, 6.45) is -0.827. The number of aliphatic hydroxyl groups excluding tert-OH is 1. The van der Waals surface area contributed by atoms with Crippen LogP contribution in [0.1, 0.15) is 13.8 Å². The molecule has 0 aliphatic rings. The number of nitro groups is 2. The average molecular weight is 459 g/mol. The number of aliphatic hydroxyl groups is 1. The maximum Gasteiger partial charge on any atom is 0.513 e. The van der Waals surface area contributed by atoms with Gasteiger partial charge < -0.3 is 19.3 Å². The fraction of sp³-hybridized carbons (Fsp3) is 0.222. The van der Waals surface area contributed by atoms with Crippen LogP contribution >= 0.6 is 11.6 Å². The largest absolute Gasteiger partial charge is 0.513 e. The molecule has 0 heterocycles. The van der Waals surface area contributed by atoms with Crippen molar-refractivity contribution in [3.8, 4) is 11.5 Å². The maximum atomic E-state index is 10.9. The number of carbonyl (C=O) groups excluding carboxylic acids is 2. The van der Waals surface area contributed by atoms with Gasteiger partial charge in [0.1, 0.15) is 11.5 Å². The number of halogens is 1. The van der Waals surface area contributed by atoms with E-state index >= 15 is 0 Å². The molecule has 0 bridgehead atoms. The zero-order valence-corrected chi connectivity index (χ0v) is 17.2. The predicted octanol–water partition coefficient (Wildman–Crippen LogP) is 4.46. The van der Waals surface area contributed by atoms with Crippen LogP contribution in [0, 0.1) is 20.2 Å². The molecule has 2 rings (SSSR count). The van der Waals surface area contributed by atoms with Crippen LogP contribution < -0.4 is 9.47 Å². The zero-order chi connectivity index (χ0) is 23.8. The number of rotatable bonds is 5. The molecule has 12 nitrogen and oxygen atoms in total. The molecule has 0 unspecified atom stereocenters. The molecule has 2 aromatic rings. The van der Waals surface area contributed by atoms with E-state index in [-0.39, 0.29) is 36.1 Å². The second-order valence-electron chi connectivity index (χ2n) is 4.94. The first kappa shape index (κ1) is 27.2. The Bertz CT molecular complexity index is 857. The van der Waals surface area contributed by atoms with Gasteiger partial charge in [0.2, 0.25) is 0 Å². The van der Waals surface area contributed by atoms with Gasteiger partial charge in [0.05, 0.1) is 16.5 Å². The van der Waals surface area contributed by atoms with Gasteiger partial charge in [-0.2, -0.15) is 0 Å². The number of benzene rings is 2. The molecule has 0 amide bonds. The van der Waals surface area contributed by atoms with Crippen molar-refractivity contribution in [2.45, 2.75) is 13.8 Å². The quantitative estimate of drug-likeness (QED) is 0.222. The molecule has 0 aliphatic carbocycles. The van der Waals surface area contributed by atoms with E-state index in [4.69, 9.17) is 21.4 Å². The molecule has 0 aliphatic heterocycles. The van der Waals surface area contributed by atoms with Crippen molar-refractivity contribution < 1.29 is 38.8 Å². The molecule has 0 saturated carbocycles. The number of hydrogen-bond donors (Lipinski definition) is 1. The standard InChI is InChI=1S/C9H9NO5.C7H4ClNO4.C2H6O/c1-2-14-9(11)15-8-5-3-7(4-6-8)10(12)13;8-7(10)13-6-3-1-5(2-4-6)9(11)12;1-2-3/h3-6H,2H2,1H3;1-4H;3H,2H2,1H3. The zero-order valence-electron chi connectivity index (χ0n) is 16.4. The normalized spacial score (nSPS) is 9.03. The highest BCUT2D eigenvalue weighted by atomic mass is 35.5. The third-order valence-corrected chi connectivity index (χ3v) is 2.83. The number of non-ortho nitro benzene ring substituents is 2. The average Bonchev–Trinajstić information content (AvgIpc) is 2.69. The summed E-state index contributed by atoms with van der Waals surface area (Å²) in [7, 11) is 0. The number of carbonyl (C=O) groups is 2. The molecule has 0 spiro atoms. The van der Waals surface area contributed by atoms with E-state index in [0.717, 1.165) is 0 Å². The Kier molecular flexibility index (Phi) is 13.3. The first-order chi connectivity index (χ1) is 14.6. The molecule has 2 aromatic carbocycles. The topological polar surface area (TPSA) is 168 Å². The Morgan fingerprint density at radius 2 is 1.23 bits per heavy atom. The molecule has 0 radical (unpaired) electrons. The lowest BCUT2D eigenvalue weighted by Crippen LogP contribution is -2.09. The van der Waals surface area contributed by atoms with Crippen molar-refractivity contribution in [1.82, 2.24) is 0 Å². The molecular formula is C18H19ClN2O10. The van der Waals surface area contributed by atoms with Crippen molar-refractivity contribution in [2.24, 2.45) is 0 Å².